The van der Waals surface area contributed by atoms with Crippen molar-refractivity contribution in [2.45, 2.75) is 31.9 Å². The molecular weight excluding hydrogens is 274 g/mol. The zero-order chi connectivity index (χ0) is 15.8. The highest BCUT2D eigenvalue weighted by Gasteiger charge is 2.12. The third kappa shape index (κ3) is 4.86. The molecule has 0 aliphatic rings. The molecule has 0 aromatic heterocycles. The van der Waals surface area contributed by atoms with E-state index >= 15 is 0 Å². The quantitative estimate of drug-likeness (QED) is 0.785. The third-order valence-corrected chi connectivity index (χ3v) is 3.90. The minimum absolute atomic E-state index is 0.364. The normalized spacial score (nSPS) is 13.6. The van der Waals surface area contributed by atoms with Crippen molar-refractivity contribution in [3.8, 4) is 5.75 Å². The Labute approximate surface area is 133 Å². The largest absolute Gasteiger partial charge is 0.497 e. The predicted molar refractivity (Wildman–Crippen MR) is 90.2 cm³/mol. The van der Waals surface area contributed by atoms with Gasteiger partial charge in [0.2, 0.25) is 0 Å². The van der Waals surface area contributed by atoms with Crippen molar-refractivity contribution in [2.75, 3.05) is 13.7 Å². The number of aliphatic hydroxyl groups excluding tert-OH is 1. The molecule has 22 heavy (non-hydrogen) atoms. The summed E-state index contributed by atoms with van der Waals surface area (Å²) in [6, 6.07) is 18.4. The minimum atomic E-state index is -0.528. The Hall–Kier alpha value is -1.84. The second kappa shape index (κ2) is 8.57. The molecule has 0 saturated carbocycles. The molecule has 118 valence electrons. The Bertz CT molecular complexity index is 556. The molecule has 2 aromatic carbocycles. The van der Waals surface area contributed by atoms with Gasteiger partial charge in [-0.05, 0) is 36.1 Å². The lowest BCUT2D eigenvalue weighted by Crippen LogP contribution is -2.34. The zero-order valence-corrected chi connectivity index (χ0v) is 13.3. The number of methoxy groups -OCH3 is 1. The summed E-state index contributed by atoms with van der Waals surface area (Å²) in [4.78, 5) is 0. The van der Waals surface area contributed by atoms with Crippen molar-refractivity contribution < 1.29 is 9.84 Å². The summed E-state index contributed by atoms with van der Waals surface area (Å²) in [5.41, 5.74) is 2.19. The summed E-state index contributed by atoms with van der Waals surface area (Å²) >= 11 is 0. The molecule has 2 N–H and O–H groups in total. The van der Waals surface area contributed by atoms with Gasteiger partial charge in [-0.2, -0.15) is 0 Å². The summed E-state index contributed by atoms with van der Waals surface area (Å²) in [6.45, 7) is 2.71. The van der Waals surface area contributed by atoms with E-state index in [1.165, 1.54) is 5.56 Å². The number of aliphatic hydroxyl groups is 1. The third-order valence-electron chi connectivity index (χ3n) is 3.90. The molecule has 0 fully saturated rings. The smallest absolute Gasteiger partial charge is 0.119 e. The van der Waals surface area contributed by atoms with Gasteiger partial charge in [0.25, 0.3) is 0 Å². The van der Waals surface area contributed by atoms with Crippen LogP contribution in [-0.4, -0.2) is 24.8 Å². The Morgan fingerprint density at radius 1 is 1.09 bits per heavy atom. The highest BCUT2D eigenvalue weighted by Crippen LogP contribution is 2.19. The summed E-state index contributed by atoms with van der Waals surface area (Å²) in [7, 11) is 1.64. The SMILES string of the molecule is CCC(Cc1ccccc1)NCC(O)c1cccc(OC)c1. The van der Waals surface area contributed by atoms with Gasteiger partial charge in [0, 0.05) is 12.6 Å². The van der Waals surface area contributed by atoms with E-state index in [4.69, 9.17) is 4.74 Å². The standard InChI is InChI=1S/C19H25NO2/c1-3-17(12-15-8-5-4-6-9-15)20-14-19(21)16-10-7-11-18(13-16)22-2/h4-11,13,17,19-21H,3,12,14H2,1-2H3. The van der Waals surface area contributed by atoms with Crippen LogP contribution < -0.4 is 10.1 Å². The molecule has 2 atom stereocenters. The molecule has 2 rings (SSSR count). The van der Waals surface area contributed by atoms with Crippen molar-refractivity contribution in [1.82, 2.24) is 5.32 Å². The molecule has 2 aromatic rings. The van der Waals surface area contributed by atoms with E-state index in [2.05, 4.69) is 36.5 Å². The molecule has 0 bridgehead atoms. The second-order valence-electron chi connectivity index (χ2n) is 5.50. The average Bonchev–Trinajstić information content (AvgIpc) is 2.59. The zero-order valence-electron chi connectivity index (χ0n) is 13.3. The summed E-state index contributed by atoms with van der Waals surface area (Å²) < 4.78 is 5.20. The highest BCUT2D eigenvalue weighted by atomic mass is 16.5. The van der Waals surface area contributed by atoms with Crippen LogP contribution in [0, 0.1) is 0 Å². The van der Waals surface area contributed by atoms with Crippen LogP contribution in [0.25, 0.3) is 0 Å². The van der Waals surface area contributed by atoms with E-state index in [0.29, 0.717) is 12.6 Å². The number of hydrogen-bond donors (Lipinski definition) is 2. The van der Waals surface area contributed by atoms with E-state index < -0.39 is 6.10 Å². The fraction of sp³-hybridized carbons (Fsp3) is 0.368. The Kier molecular flexibility index (Phi) is 6.44. The molecular formula is C19H25NO2. The average molecular weight is 299 g/mol. The van der Waals surface area contributed by atoms with Gasteiger partial charge in [-0.25, -0.2) is 0 Å². The lowest BCUT2D eigenvalue weighted by molar-refractivity contribution is 0.169. The van der Waals surface area contributed by atoms with Crippen molar-refractivity contribution in [3.05, 3.63) is 65.7 Å². The minimum Gasteiger partial charge on any atom is -0.497 e. The monoisotopic (exact) mass is 299 g/mol. The topological polar surface area (TPSA) is 41.5 Å². The van der Waals surface area contributed by atoms with Gasteiger partial charge < -0.3 is 15.2 Å². The van der Waals surface area contributed by atoms with Crippen LogP contribution in [0.4, 0.5) is 0 Å². The summed E-state index contributed by atoms with van der Waals surface area (Å²) in [5, 5.41) is 13.8. The van der Waals surface area contributed by atoms with E-state index in [1.807, 2.05) is 30.3 Å². The van der Waals surface area contributed by atoms with Crippen LogP contribution in [0.15, 0.2) is 54.6 Å². The maximum absolute atomic E-state index is 10.3. The number of ether oxygens (including phenoxy) is 1. The number of rotatable bonds is 8. The fourth-order valence-corrected chi connectivity index (χ4v) is 2.50. The molecule has 2 unspecified atom stereocenters. The number of nitrogens with one attached hydrogen (secondary N) is 1. The molecule has 0 aliphatic carbocycles. The molecule has 0 radical (unpaired) electrons. The van der Waals surface area contributed by atoms with Crippen LogP contribution in [0.2, 0.25) is 0 Å². The lowest BCUT2D eigenvalue weighted by Gasteiger charge is -2.20. The summed E-state index contributed by atoms with van der Waals surface area (Å²) in [6.07, 6.45) is 1.47. The number of benzene rings is 2. The second-order valence-corrected chi connectivity index (χ2v) is 5.50. The first-order chi connectivity index (χ1) is 10.7. The first-order valence-corrected chi connectivity index (χ1v) is 7.82. The first kappa shape index (κ1) is 16.5. The van der Waals surface area contributed by atoms with E-state index in [1.54, 1.807) is 7.11 Å². The molecule has 0 amide bonds. The van der Waals surface area contributed by atoms with E-state index in [-0.39, 0.29) is 0 Å². The maximum atomic E-state index is 10.3. The molecule has 3 nitrogen and oxygen atoms in total. The number of hydrogen-bond acceptors (Lipinski definition) is 3. The van der Waals surface area contributed by atoms with Crippen LogP contribution in [-0.2, 0) is 6.42 Å². The fourth-order valence-electron chi connectivity index (χ4n) is 2.50. The Morgan fingerprint density at radius 3 is 2.55 bits per heavy atom. The summed E-state index contributed by atoms with van der Waals surface area (Å²) in [5.74, 6) is 0.771. The Morgan fingerprint density at radius 2 is 1.86 bits per heavy atom. The van der Waals surface area contributed by atoms with Gasteiger partial charge >= 0.3 is 0 Å². The van der Waals surface area contributed by atoms with Crippen molar-refractivity contribution in [1.29, 1.82) is 0 Å². The van der Waals surface area contributed by atoms with Crippen molar-refractivity contribution in [2.24, 2.45) is 0 Å². The molecule has 0 aliphatic heterocycles. The molecule has 3 heteroatoms. The van der Waals surface area contributed by atoms with Gasteiger partial charge in [-0.3, -0.25) is 0 Å². The van der Waals surface area contributed by atoms with Crippen LogP contribution in [0.1, 0.15) is 30.6 Å². The highest BCUT2D eigenvalue weighted by molar-refractivity contribution is 5.30. The lowest BCUT2D eigenvalue weighted by atomic mass is 10.0. The maximum Gasteiger partial charge on any atom is 0.119 e. The van der Waals surface area contributed by atoms with E-state index in [0.717, 1.165) is 24.2 Å². The molecule has 0 heterocycles. The molecule has 0 spiro atoms. The van der Waals surface area contributed by atoms with Crippen LogP contribution >= 0.6 is 0 Å². The van der Waals surface area contributed by atoms with Gasteiger partial charge in [0.15, 0.2) is 0 Å². The first-order valence-electron chi connectivity index (χ1n) is 7.82. The van der Waals surface area contributed by atoms with Gasteiger partial charge in [-0.15, -0.1) is 0 Å². The molecule has 0 saturated heterocycles. The van der Waals surface area contributed by atoms with Crippen molar-refractivity contribution in [3.63, 3.8) is 0 Å². The van der Waals surface area contributed by atoms with Gasteiger partial charge in [0.1, 0.15) is 5.75 Å². The predicted octanol–water partition coefficient (Wildman–Crippen LogP) is 3.34. The van der Waals surface area contributed by atoms with Crippen molar-refractivity contribution >= 4 is 0 Å². The Balaban J connectivity index is 1.89. The van der Waals surface area contributed by atoms with Gasteiger partial charge in [-0.1, -0.05) is 49.4 Å². The van der Waals surface area contributed by atoms with Crippen LogP contribution in [0.3, 0.4) is 0 Å². The van der Waals surface area contributed by atoms with Gasteiger partial charge in [0.05, 0.1) is 13.2 Å². The van der Waals surface area contributed by atoms with E-state index in [9.17, 15) is 5.11 Å². The van der Waals surface area contributed by atoms with Crippen LogP contribution in [0.5, 0.6) is 5.75 Å².